The Morgan fingerprint density at radius 1 is 1.00 bits per heavy atom. The van der Waals surface area contributed by atoms with Crippen molar-refractivity contribution in [3.63, 3.8) is 0 Å². The van der Waals surface area contributed by atoms with Crippen LogP contribution in [-0.2, 0) is 0 Å². The molecule has 7 nitrogen and oxygen atoms in total. The Kier molecular flexibility index (Phi) is 4.68. The minimum Gasteiger partial charge on any atom is -0.492 e. The summed E-state index contributed by atoms with van der Waals surface area (Å²) in [7, 11) is 1.93. The SMILES string of the molecule is CN(CCOc1ccc2c(c1)OCO2)CCN1C(=O)c2ccccc2C1=O. The van der Waals surface area contributed by atoms with E-state index in [1.54, 1.807) is 30.3 Å². The average Bonchev–Trinajstić information content (AvgIpc) is 3.24. The van der Waals surface area contributed by atoms with Crippen LogP contribution in [0.15, 0.2) is 42.5 Å². The highest BCUT2D eigenvalue weighted by Gasteiger charge is 2.34. The monoisotopic (exact) mass is 368 g/mol. The van der Waals surface area contributed by atoms with Gasteiger partial charge < -0.3 is 19.1 Å². The molecule has 2 aromatic rings. The molecule has 0 atom stereocenters. The maximum absolute atomic E-state index is 12.4. The second-order valence-corrected chi connectivity index (χ2v) is 6.47. The molecule has 0 saturated carbocycles. The number of hydrogen-bond donors (Lipinski definition) is 0. The van der Waals surface area contributed by atoms with Crippen molar-refractivity contribution >= 4 is 11.8 Å². The number of amides is 2. The molecule has 2 aliphatic rings. The topological polar surface area (TPSA) is 68.3 Å². The first-order valence-corrected chi connectivity index (χ1v) is 8.80. The van der Waals surface area contributed by atoms with Gasteiger partial charge in [-0.2, -0.15) is 0 Å². The standard InChI is InChI=1S/C20H20N2O5/c1-21(10-11-25-14-6-7-17-18(12-14)27-13-26-17)8-9-22-19(23)15-4-2-3-5-16(15)20(22)24/h2-7,12H,8-11,13H2,1H3. The van der Waals surface area contributed by atoms with Crippen LogP contribution in [0.5, 0.6) is 17.2 Å². The van der Waals surface area contributed by atoms with E-state index in [0.29, 0.717) is 48.9 Å². The van der Waals surface area contributed by atoms with E-state index in [1.165, 1.54) is 4.90 Å². The summed E-state index contributed by atoms with van der Waals surface area (Å²) < 4.78 is 16.3. The fourth-order valence-electron chi connectivity index (χ4n) is 3.11. The van der Waals surface area contributed by atoms with Crippen LogP contribution >= 0.6 is 0 Å². The van der Waals surface area contributed by atoms with Crippen molar-refractivity contribution in [1.29, 1.82) is 0 Å². The third-order valence-electron chi connectivity index (χ3n) is 4.67. The Morgan fingerprint density at radius 3 is 2.44 bits per heavy atom. The summed E-state index contributed by atoms with van der Waals surface area (Å²) in [5.74, 6) is 1.68. The maximum Gasteiger partial charge on any atom is 0.261 e. The lowest BCUT2D eigenvalue weighted by Crippen LogP contribution is -2.38. The Bertz CT molecular complexity index is 847. The Balaban J connectivity index is 1.24. The van der Waals surface area contributed by atoms with Crippen molar-refractivity contribution in [3.05, 3.63) is 53.6 Å². The van der Waals surface area contributed by atoms with E-state index in [2.05, 4.69) is 0 Å². The van der Waals surface area contributed by atoms with Gasteiger partial charge in [0.05, 0.1) is 11.1 Å². The zero-order valence-electron chi connectivity index (χ0n) is 15.0. The van der Waals surface area contributed by atoms with Crippen LogP contribution in [0, 0.1) is 0 Å². The Hall–Kier alpha value is -3.06. The average molecular weight is 368 g/mol. The molecule has 2 aromatic carbocycles. The summed E-state index contributed by atoms with van der Waals surface area (Å²) in [6.45, 7) is 2.32. The van der Waals surface area contributed by atoms with Gasteiger partial charge in [-0.3, -0.25) is 14.5 Å². The number of likely N-dealkylation sites (N-methyl/N-ethyl adjacent to an activating group) is 1. The van der Waals surface area contributed by atoms with E-state index < -0.39 is 0 Å². The Morgan fingerprint density at radius 2 is 1.70 bits per heavy atom. The lowest BCUT2D eigenvalue weighted by molar-refractivity contribution is 0.0639. The molecule has 2 amide bonds. The molecule has 0 saturated heterocycles. The molecule has 0 fully saturated rings. The summed E-state index contributed by atoms with van der Waals surface area (Å²) >= 11 is 0. The molecule has 0 radical (unpaired) electrons. The van der Waals surface area contributed by atoms with Gasteiger partial charge in [0, 0.05) is 25.7 Å². The van der Waals surface area contributed by atoms with Gasteiger partial charge in [0.2, 0.25) is 6.79 Å². The van der Waals surface area contributed by atoms with Gasteiger partial charge >= 0.3 is 0 Å². The van der Waals surface area contributed by atoms with Crippen LogP contribution in [0.1, 0.15) is 20.7 Å². The highest BCUT2D eigenvalue weighted by atomic mass is 16.7. The molecule has 2 heterocycles. The first-order valence-electron chi connectivity index (χ1n) is 8.80. The highest BCUT2D eigenvalue weighted by molar-refractivity contribution is 6.21. The van der Waals surface area contributed by atoms with Gasteiger partial charge in [-0.25, -0.2) is 0 Å². The number of rotatable bonds is 7. The number of carbonyl (C=O) groups is 2. The fourth-order valence-corrected chi connectivity index (χ4v) is 3.11. The zero-order valence-corrected chi connectivity index (χ0v) is 15.0. The van der Waals surface area contributed by atoms with Crippen LogP contribution in [0.2, 0.25) is 0 Å². The maximum atomic E-state index is 12.4. The van der Waals surface area contributed by atoms with Crippen molar-refractivity contribution in [2.24, 2.45) is 0 Å². The van der Waals surface area contributed by atoms with E-state index in [-0.39, 0.29) is 18.6 Å². The molecule has 140 valence electrons. The van der Waals surface area contributed by atoms with Gasteiger partial charge in [-0.1, -0.05) is 12.1 Å². The van der Waals surface area contributed by atoms with Gasteiger partial charge in [-0.05, 0) is 31.3 Å². The molecule has 0 aliphatic carbocycles. The third kappa shape index (κ3) is 3.46. The van der Waals surface area contributed by atoms with Crippen molar-refractivity contribution in [2.45, 2.75) is 0 Å². The predicted octanol–water partition coefficient (Wildman–Crippen LogP) is 2.02. The molecule has 0 spiro atoms. The summed E-state index contributed by atoms with van der Waals surface area (Å²) in [5, 5.41) is 0. The first kappa shape index (κ1) is 17.4. The fraction of sp³-hybridized carbons (Fsp3) is 0.300. The van der Waals surface area contributed by atoms with Crippen LogP contribution in [0.3, 0.4) is 0 Å². The van der Waals surface area contributed by atoms with Crippen LogP contribution in [0.4, 0.5) is 0 Å². The molecule has 2 aliphatic heterocycles. The number of benzene rings is 2. The summed E-state index contributed by atoms with van der Waals surface area (Å²) in [4.78, 5) is 28.0. The first-order chi connectivity index (χ1) is 13.1. The number of carbonyl (C=O) groups excluding carboxylic acids is 2. The lowest BCUT2D eigenvalue weighted by Gasteiger charge is -2.20. The lowest BCUT2D eigenvalue weighted by atomic mass is 10.1. The summed E-state index contributed by atoms with van der Waals surface area (Å²) in [6, 6.07) is 12.4. The van der Waals surface area contributed by atoms with Crippen molar-refractivity contribution in [2.75, 3.05) is 40.1 Å². The molecule has 4 rings (SSSR count). The highest BCUT2D eigenvalue weighted by Crippen LogP contribution is 2.35. The molecule has 27 heavy (non-hydrogen) atoms. The quantitative estimate of drug-likeness (QED) is 0.697. The number of nitrogens with zero attached hydrogens (tertiary/aromatic N) is 2. The molecular weight excluding hydrogens is 348 g/mol. The summed E-state index contributed by atoms with van der Waals surface area (Å²) in [5.41, 5.74) is 0.965. The molecular formula is C20H20N2O5. The minimum atomic E-state index is -0.222. The molecule has 0 aromatic heterocycles. The van der Waals surface area contributed by atoms with Crippen LogP contribution < -0.4 is 14.2 Å². The van der Waals surface area contributed by atoms with Crippen LogP contribution in [-0.4, -0.2) is 61.7 Å². The predicted molar refractivity (Wildman–Crippen MR) is 97.4 cm³/mol. The molecule has 7 heteroatoms. The second kappa shape index (κ2) is 7.28. The van der Waals surface area contributed by atoms with Crippen molar-refractivity contribution in [3.8, 4) is 17.2 Å². The molecule has 0 unspecified atom stereocenters. The van der Waals surface area contributed by atoms with Gasteiger partial charge in [0.15, 0.2) is 11.5 Å². The smallest absolute Gasteiger partial charge is 0.261 e. The molecule has 0 N–H and O–H groups in total. The second-order valence-electron chi connectivity index (χ2n) is 6.47. The molecule has 0 bridgehead atoms. The minimum absolute atomic E-state index is 0.222. The Labute approximate surface area is 157 Å². The van der Waals surface area contributed by atoms with Crippen LogP contribution in [0.25, 0.3) is 0 Å². The number of imide groups is 1. The van der Waals surface area contributed by atoms with E-state index in [9.17, 15) is 9.59 Å². The van der Waals surface area contributed by atoms with Gasteiger partial charge in [0.1, 0.15) is 12.4 Å². The van der Waals surface area contributed by atoms with Gasteiger partial charge in [0.25, 0.3) is 11.8 Å². The van der Waals surface area contributed by atoms with Gasteiger partial charge in [-0.15, -0.1) is 0 Å². The van der Waals surface area contributed by atoms with Crippen molar-refractivity contribution < 1.29 is 23.8 Å². The third-order valence-corrected chi connectivity index (χ3v) is 4.67. The zero-order chi connectivity index (χ0) is 18.8. The van der Waals surface area contributed by atoms with E-state index in [4.69, 9.17) is 14.2 Å². The van der Waals surface area contributed by atoms with E-state index in [0.717, 1.165) is 5.75 Å². The number of fused-ring (bicyclic) bond motifs is 2. The normalized spacial score (nSPS) is 14.8. The summed E-state index contributed by atoms with van der Waals surface area (Å²) in [6.07, 6.45) is 0. The van der Waals surface area contributed by atoms with E-state index in [1.807, 2.05) is 24.1 Å². The number of ether oxygens (including phenoxy) is 3. The number of hydrogen-bond acceptors (Lipinski definition) is 6. The largest absolute Gasteiger partial charge is 0.492 e. The van der Waals surface area contributed by atoms with Crippen molar-refractivity contribution in [1.82, 2.24) is 9.80 Å². The van der Waals surface area contributed by atoms with E-state index >= 15 is 0 Å².